The van der Waals surface area contributed by atoms with Crippen LogP contribution < -0.4 is 10.3 Å². The number of hydrogen-bond acceptors (Lipinski definition) is 6. The van der Waals surface area contributed by atoms with Crippen molar-refractivity contribution in [3.63, 3.8) is 0 Å². The standard InChI is InChI=1S/C19H18N4O2S/c1-14-18(24)23(19(26-2)22-21-14)20-12-15-8-6-7-9-16(15)13-25-17-10-4-3-5-11-17/h3-12H,13H2,1-2H3/b20-12-. The van der Waals surface area contributed by atoms with Crippen molar-refractivity contribution in [1.82, 2.24) is 14.9 Å². The van der Waals surface area contributed by atoms with Gasteiger partial charge in [0, 0.05) is 5.56 Å². The predicted octanol–water partition coefficient (Wildman–Crippen LogP) is 3.13. The summed E-state index contributed by atoms with van der Waals surface area (Å²) < 4.78 is 7.08. The largest absolute Gasteiger partial charge is 0.489 e. The van der Waals surface area contributed by atoms with Crippen molar-refractivity contribution in [3.05, 3.63) is 81.8 Å². The van der Waals surface area contributed by atoms with Crippen LogP contribution in [0.25, 0.3) is 0 Å². The third-order valence-electron chi connectivity index (χ3n) is 3.66. The number of thioether (sulfide) groups is 1. The lowest BCUT2D eigenvalue weighted by molar-refractivity contribution is 0.306. The van der Waals surface area contributed by atoms with Crippen molar-refractivity contribution in [2.24, 2.45) is 5.10 Å². The molecule has 0 aliphatic heterocycles. The summed E-state index contributed by atoms with van der Waals surface area (Å²) in [5, 5.41) is 12.6. The highest BCUT2D eigenvalue weighted by Crippen LogP contribution is 2.14. The van der Waals surface area contributed by atoms with Crippen LogP contribution in [0, 0.1) is 6.92 Å². The van der Waals surface area contributed by atoms with Crippen molar-refractivity contribution < 1.29 is 4.74 Å². The summed E-state index contributed by atoms with van der Waals surface area (Å²) in [6, 6.07) is 17.4. The van der Waals surface area contributed by atoms with Crippen molar-refractivity contribution in [3.8, 4) is 5.75 Å². The first-order chi connectivity index (χ1) is 12.7. The van der Waals surface area contributed by atoms with Crippen molar-refractivity contribution in [2.75, 3.05) is 6.26 Å². The normalized spacial score (nSPS) is 11.0. The molecule has 26 heavy (non-hydrogen) atoms. The van der Waals surface area contributed by atoms with Gasteiger partial charge in [0.2, 0.25) is 5.16 Å². The Morgan fingerprint density at radius 1 is 1.12 bits per heavy atom. The Hall–Kier alpha value is -2.93. The number of nitrogens with zero attached hydrogens (tertiary/aromatic N) is 4. The molecule has 0 fully saturated rings. The summed E-state index contributed by atoms with van der Waals surface area (Å²) in [6.45, 7) is 2.03. The molecule has 0 spiro atoms. The van der Waals surface area contributed by atoms with Gasteiger partial charge in [-0.1, -0.05) is 54.2 Å². The van der Waals surface area contributed by atoms with E-state index >= 15 is 0 Å². The first kappa shape index (κ1) is 17.9. The maximum absolute atomic E-state index is 12.3. The lowest BCUT2D eigenvalue weighted by Gasteiger charge is -2.09. The van der Waals surface area contributed by atoms with Crippen molar-refractivity contribution >= 4 is 18.0 Å². The number of hydrogen-bond donors (Lipinski definition) is 0. The molecule has 3 aromatic rings. The first-order valence-electron chi connectivity index (χ1n) is 7.99. The summed E-state index contributed by atoms with van der Waals surface area (Å²) in [5.41, 5.74) is 1.87. The Kier molecular flexibility index (Phi) is 5.80. The van der Waals surface area contributed by atoms with Crippen LogP contribution in [0.1, 0.15) is 16.8 Å². The minimum Gasteiger partial charge on any atom is -0.489 e. The SMILES string of the molecule is CSc1nnc(C)c(=O)n1/N=C\c1ccccc1COc1ccccc1. The maximum Gasteiger partial charge on any atom is 0.296 e. The van der Waals surface area contributed by atoms with E-state index in [4.69, 9.17) is 4.74 Å². The Labute approximate surface area is 155 Å². The topological polar surface area (TPSA) is 69.4 Å². The van der Waals surface area contributed by atoms with Crippen LogP contribution in [0.4, 0.5) is 0 Å². The fraction of sp³-hybridized carbons (Fsp3) is 0.158. The zero-order valence-corrected chi connectivity index (χ0v) is 15.3. The number of rotatable bonds is 6. The Bertz CT molecular complexity index is 971. The monoisotopic (exact) mass is 366 g/mol. The molecule has 0 N–H and O–H groups in total. The van der Waals surface area contributed by atoms with Gasteiger partial charge in [-0.25, -0.2) is 0 Å². The average molecular weight is 366 g/mol. The molecule has 132 valence electrons. The molecule has 0 saturated carbocycles. The van der Waals surface area contributed by atoms with Crippen molar-refractivity contribution in [1.29, 1.82) is 0 Å². The summed E-state index contributed by atoms with van der Waals surface area (Å²) in [7, 11) is 0. The molecule has 0 atom stereocenters. The molecular formula is C19H18N4O2S. The molecular weight excluding hydrogens is 348 g/mol. The quantitative estimate of drug-likeness (QED) is 0.495. The van der Waals surface area contributed by atoms with E-state index in [1.165, 1.54) is 16.4 Å². The van der Waals surface area contributed by atoms with Gasteiger partial charge in [-0.15, -0.1) is 10.2 Å². The molecule has 0 bridgehead atoms. The Morgan fingerprint density at radius 2 is 1.85 bits per heavy atom. The van der Waals surface area contributed by atoms with E-state index in [0.29, 0.717) is 17.5 Å². The summed E-state index contributed by atoms with van der Waals surface area (Å²) in [5.74, 6) is 0.800. The lowest BCUT2D eigenvalue weighted by Crippen LogP contribution is -2.23. The number of aromatic nitrogens is 3. The van der Waals surface area contributed by atoms with Crippen molar-refractivity contribution in [2.45, 2.75) is 18.7 Å². The Balaban J connectivity index is 1.86. The molecule has 1 aromatic heterocycles. The van der Waals surface area contributed by atoms with Gasteiger partial charge in [0.15, 0.2) is 0 Å². The van der Waals surface area contributed by atoms with Gasteiger partial charge in [0.25, 0.3) is 5.56 Å². The van der Waals surface area contributed by atoms with Crippen LogP contribution in [0.5, 0.6) is 5.75 Å². The van der Waals surface area contributed by atoms with Gasteiger partial charge in [-0.05, 0) is 30.9 Å². The zero-order valence-electron chi connectivity index (χ0n) is 14.5. The fourth-order valence-corrected chi connectivity index (χ4v) is 2.69. The second-order valence-electron chi connectivity index (χ2n) is 5.43. The summed E-state index contributed by atoms with van der Waals surface area (Å²) >= 11 is 1.32. The van der Waals surface area contributed by atoms with Crippen LogP contribution in [-0.4, -0.2) is 27.3 Å². The van der Waals surface area contributed by atoms with E-state index in [-0.39, 0.29) is 5.56 Å². The zero-order chi connectivity index (χ0) is 18.4. The van der Waals surface area contributed by atoms with Crippen LogP contribution in [-0.2, 0) is 6.61 Å². The highest BCUT2D eigenvalue weighted by molar-refractivity contribution is 7.98. The highest BCUT2D eigenvalue weighted by atomic mass is 32.2. The fourth-order valence-electron chi connectivity index (χ4n) is 2.26. The van der Waals surface area contributed by atoms with E-state index < -0.39 is 0 Å². The second-order valence-corrected chi connectivity index (χ2v) is 6.21. The van der Waals surface area contributed by atoms with Crippen LogP contribution in [0.2, 0.25) is 0 Å². The van der Waals surface area contributed by atoms with Gasteiger partial charge in [0.1, 0.15) is 18.1 Å². The van der Waals surface area contributed by atoms with E-state index in [2.05, 4.69) is 15.3 Å². The third-order valence-corrected chi connectivity index (χ3v) is 4.28. The number of ether oxygens (including phenoxy) is 1. The highest BCUT2D eigenvalue weighted by Gasteiger charge is 2.08. The molecule has 0 radical (unpaired) electrons. The lowest BCUT2D eigenvalue weighted by atomic mass is 10.1. The number of para-hydroxylation sites is 1. The molecule has 0 aliphatic carbocycles. The second kappa shape index (κ2) is 8.44. The van der Waals surface area contributed by atoms with E-state index in [1.54, 1.807) is 13.1 Å². The molecule has 6 nitrogen and oxygen atoms in total. The molecule has 0 aliphatic rings. The molecule has 0 saturated heterocycles. The van der Waals surface area contributed by atoms with Crippen LogP contribution in [0.15, 0.2) is 69.6 Å². The summed E-state index contributed by atoms with van der Waals surface area (Å²) in [4.78, 5) is 12.3. The van der Waals surface area contributed by atoms with Crippen LogP contribution in [0.3, 0.4) is 0 Å². The molecule has 3 rings (SSSR count). The smallest absolute Gasteiger partial charge is 0.296 e. The minimum absolute atomic E-state index is 0.279. The third kappa shape index (κ3) is 4.18. The van der Waals surface area contributed by atoms with E-state index in [9.17, 15) is 4.79 Å². The average Bonchev–Trinajstić information content (AvgIpc) is 2.69. The molecule has 1 heterocycles. The van der Waals surface area contributed by atoms with Gasteiger partial charge < -0.3 is 4.74 Å². The van der Waals surface area contributed by atoms with Gasteiger partial charge in [-0.3, -0.25) is 4.79 Å². The van der Waals surface area contributed by atoms with Crippen LogP contribution >= 0.6 is 11.8 Å². The molecule has 2 aromatic carbocycles. The van der Waals surface area contributed by atoms with E-state index in [0.717, 1.165) is 16.9 Å². The summed E-state index contributed by atoms with van der Waals surface area (Å²) in [6.07, 6.45) is 3.47. The predicted molar refractivity (Wildman–Crippen MR) is 103 cm³/mol. The number of benzene rings is 2. The minimum atomic E-state index is -0.279. The molecule has 7 heteroatoms. The Morgan fingerprint density at radius 3 is 2.62 bits per heavy atom. The van der Waals surface area contributed by atoms with Gasteiger partial charge in [0.05, 0.1) is 6.21 Å². The first-order valence-corrected chi connectivity index (χ1v) is 9.22. The van der Waals surface area contributed by atoms with Gasteiger partial charge >= 0.3 is 0 Å². The maximum atomic E-state index is 12.3. The molecule has 0 unspecified atom stereocenters. The van der Waals surface area contributed by atoms with E-state index in [1.807, 2.05) is 60.9 Å². The number of aryl methyl sites for hydroxylation is 1. The van der Waals surface area contributed by atoms with Gasteiger partial charge in [-0.2, -0.15) is 9.78 Å². The molecule has 0 amide bonds.